The largest absolute Gasteiger partial charge is 0.331 e. The van der Waals surface area contributed by atoms with E-state index in [0.717, 1.165) is 43.4 Å². The number of hydrogen-bond donors (Lipinski definition) is 1. The molecule has 2 rings (SSSR count). The molecule has 1 aliphatic carbocycles. The standard InChI is InChI=1S/C11H16N2O3/c14-9-10(15)13(11(16)12-9)8-6-4-2-1-3-5-7-8/h8H,1-7H2,(H,12,14,16). The van der Waals surface area contributed by atoms with Gasteiger partial charge < -0.3 is 0 Å². The van der Waals surface area contributed by atoms with Crippen molar-refractivity contribution < 1.29 is 14.4 Å². The Morgan fingerprint density at radius 2 is 1.50 bits per heavy atom. The second-order valence-electron chi connectivity index (χ2n) is 4.43. The third-order valence-electron chi connectivity index (χ3n) is 3.29. The van der Waals surface area contributed by atoms with E-state index in [4.69, 9.17) is 0 Å². The summed E-state index contributed by atoms with van der Waals surface area (Å²) in [6.07, 6.45) is 7.22. The van der Waals surface area contributed by atoms with Gasteiger partial charge in [0, 0.05) is 6.04 Å². The predicted molar refractivity (Wildman–Crippen MR) is 56.5 cm³/mol. The third kappa shape index (κ3) is 2.08. The second-order valence-corrected chi connectivity index (χ2v) is 4.43. The molecule has 0 aromatic heterocycles. The monoisotopic (exact) mass is 224 g/mol. The Balaban J connectivity index is 2.06. The number of carbonyl (C=O) groups is 3. The van der Waals surface area contributed by atoms with E-state index >= 15 is 0 Å². The number of amides is 4. The topological polar surface area (TPSA) is 66.5 Å². The van der Waals surface area contributed by atoms with Crippen LogP contribution in [0, 0.1) is 0 Å². The molecule has 1 heterocycles. The van der Waals surface area contributed by atoms with Gasteiger partial charge >= 0.3 is 17.8 Å². The summed E-state index contributed by atoms with van der Waals surface area (Å²) in [6, 6.07) is -0.625. The highest BCUT2D eigenvalue weighted by Gasteiger charge is 2.40. The Hall–Kier alpha value is -1.39. The van der Waals surface area contributed by atoms with E-state index < -0.39 is 17.8 Å². The average molecular weight is 224 g/mol. The van der Waals surface area contributed by atoms with Crippen molar-refractivity contribution >= 4 is 17.8 Å². The van der Waals surface area contributed by atoms with E-state index in [1.807, 2.05) is 5.32 Å². The number of nitrogens with one attached hydrogen (secondary N) is 1. The molecular formula is C11H16N2O3. The van der Waals surface area contributed by atoms with Crippen LogP contribution in [-0.2, 0) is 9.59 Å². The highest BCUT2D eigenvalue weighted by atomic mass is 16.2. The van der Waals surface area contributed by atoms with Crippen LogP contribution in [0.1, 0.15) is 44.9 Å². The highest BCUT2D eigenvalue weighted by molar-refractivity contribution is 6.44. The molecule has 5 nitrogen and oxygen atoms in total. The van der Waals surface area contributed by atoms with Crippen molar-refractivity contribution in [1.29, 1.82) is 0 Å². The molecule has 1 saturated heterocycles. The summed E-state index contributed by atoms with van der Waals surface area (Å²) >= 11 is 0. The van der Waals surface area contributed by atoms with Crippen molar-refractivity contribution in [2.24, 2.45) is 0 Å². The van der Waals surface area contributed by atoms with Gasteiger partial charge in [0.2, 0.25) is 0 Å². The van der Waals surface area contributed by atoms with Crippen LogP contribution in [0.5, 0.6) is 0 Å². The molecule has 1 N–H and O–H groups in total. The van der Waals surface area contributed by atoms with Gasteiger partial charge in [-0.1, -0.05) is 32.1 Å². The lowest BCUT2D eigenvalue weighted by molar-refractivity contribution is -0.141. The molecule has 1 aliphatic heterocycles. The van der Waals surface area contributed by atoms with Gasteiger partial charge in [0.05, 0.1) is 0 Å². The Labute approximate surface area is 94.2 Å². The summed E-state index contributed by atoms with van der Waals surface area (Å²) in [6.45, 7) is 0. The maximum absolute atomic E-state index is 11.5. The minimum absolute atomic E-state index is 0.0840. The molecule has 16 heavy (non-hydrogen) atoms. The van der Waals surface area contributed by atoms with Crippen LogP contribution in [0.3, 0.4) is 0 Å². The molecule has 5 heteroatoms. The molecule has 2 aliphatic rings. The first-order chi connectivity index (χ1) is 7.70. The predicted octanol–water partition coefficient (Wildman–Crippen LogP) is 1.18. The van der Waals surface area contributed by atoms with Gasteiger partial charge in [-0.25, -0.2) is 4.79 Å². The van der Waals surface area contributed by atoms with E-state index in [9.17, 15) is 14.4 Å². The molecule has 1 saturated carbocycles. The van der Waals surface area contributed by atoms with E-state index in [1.54, 1.807) is 0 Å². The van der Waals surface area contributed by atoms with E-state index in [-0.39, 0.29) is 6.04 Å². The summed E-state index contributed by atoms with van der Waals surface area (Å²) in [5.41, 5.74) is 0. The van der Waals surface area contributed by atoms with Crippen LogP contribution in [0.2, 0.25) is 0 Å². The first-order valence-electron chi connectivity index (χ1n) is 5.88. The zero-order valence-electron chi connectivity index (χ0n) is 9.20. The quantitative estimate of drug-likeness (QED) is 0.537. The fourth-order valence-corrected chi connectivity index (χ4v) is 2.44. The molecule has 0 spiro atoms. The number of nitrogens with zero attached hydrogens (tertiary/aromatic N) is 1. The summed E-state index contributed by atoms with van der Waals surface area (Å²) < 4.78 is 0. The summed E-state index contributed by atoms with van der Waals surface area (Å²) in [5.74, 6) is -1.47. The van der Waals surface area contributed by atoms with Crippen molar-refractivity contribution in [3.63, 3.8) is 0 Å². The molecule has 0 atom stereocenters. The second kappa shape index (κ2) is 4.63. The van der Waals surface area contributed by atoms with Crippen LogP contribution >= 0.6 is 0 Å². The van der Waals surface area contributed by atoms with Gasteiger partial charge in [0.25, 0.3) is 0 Å². The maximum Gasteiger partial charge on any atom is 0.331 e. The van der Waals surface area contributed by atoms with Gasteiger partial charge in [0.15, 0.2) is 0 Å². The average Bonchev–Trinajstić information content (AvgIpc) is 2.43. The lowest BCUT2D eigenvalue weighted by atomic mass is 9.96. The third-order valence-corrected chi connectivity index (χ3v) is 3.29. The van der Waals surface area contributed by atoms with Crippen LogP contribution in [0.15, 0.2) is 0 Å². The molecule has 0 bridgehead atoms. The van der Waals surface area contributed by atoms with Crippen LogP contribution in [0.25, 0.3) is 0 Å². The molecule has 0 radical (unpaired) electrons. The normalized spacial score (nSPS) is 24.2. The van der Waals surface area contributed by atoms with Crippen LogP contribution < -0.4 is 5.32 Å². The number of urea groups is 1. The van der Waals surface area contributed by atoms with E-state index in [0.29, 0.717) is 0 Å². The Morgan fingerprint density at radius 3 is 2.00 bits per heavy atom. The molecule has 4 amide bonds. The fraction of sp³-hybridized carbons (Fsp3) is 0.727. The minimum atomic E-state index is -0.785. The zero-order valence-corrected chi connectivity index (χ0v) is 9.20. The van der Waals surface area contributed by atoms with Gasteiger partial charge in [-0.05, 0) is 12.8 Å². The molecular weight excluding hydrogens is 208 g/mol. The number of rotatable bonds is 1. The van der Waals surface area contributed by atoms with Gasteiger partial charge in [-0.3, -0.25) is 19.8 Å². The van der Waals surface area contributed by atoms with Gasteiger partial charge in [-0.2, -0.15) is 0 Å². The molecule has 0 unspecified atom stereocenters. The number of carbonyl (C=O) groups excluding carboxylic acids is 3. The minimum Gasteiger partial charge on any atom is -0.269 e. The molecule has 2 fully saturated rings. The first kappa shape index (κ1) is 11.1. The number of hydrogen-bond acceptors (Lipinski definition) is 3. The maximum atomic E-state index is 11.5. The first-order valence-corrected chi connectivity index (χ1v) is 5.88. The molecule has 0 aromatic carbocycles. The SMILES string of the molecule is O=C1NC(=O)N(C2CCCCCCC2)C1=O. The summed E-state index contributed by atoms with van der Waals surface area (Å²) in [7, 11) is 0. The van der Waals surface area contributed by atoms with Crippen molar-refractivity contribution in [2.45, 2.75) is 51.0 Å². The van der Waals surface area contributed by atoms with Gasteiger partial charge in [-0.15, -0.1) is 0 Å². The number of imide groups is 2. The van der Waals surface area contributed by atoms with Crippen LogP contribution in [-0.4, -0.2) is 28.8 Å². The molecule has 88 valence electrons. The van der Waals surface area contributed by atoms with Crippen molar-refractivity contribution in [2.75, 3.05) is 0 Å². The van der Waals surface area contributed by atoms with Crippen LogP contribution in [0.4, 0.5) is 4.79 Å². The zero-order chi connectivity index (χ0) is 11.5. The Morgan fingerprint density at radius 1 is 0.938 bits per heavy atom. The Bertz CT molecular complexity index is 319. The van der Waals surface area contributed by atoms with Crippen molar-refractivity contribution in [3.8, 4) is 0 Å². The lowest BCUT2D eigenvalue weighted by Gasteiger charge is -2.26. The van der Waals surface area contributed by atoms with Gasteiger partial charge in [0.1, 0.15) is 0 Å². The summed E-state index contributed by atoms with van der Waals surface area (Å²) in [4.78, 5) is 35.2. The fourth-order valence-electron chi connectivity index (χ4n) is 2.44. The van der Waals surface area contributed by atoms with E-state index in [2.05, 4.69) is 0 Å². The van der Waals surface area contributed by atoms with E-state index in [1.165, 1.54) is 6.42 Å². The Kier molecular flexibility index (Phi) is 3.22. The molecule has 0 aromatic rings. The van der Waals surface area contributed by atoms with Crippen molar-refractivity contribution in [1.82, 2.24) is 10.2 Å². The smallest absolute Gasteiger partial charge is 0.269 e. The lowest BCUT2D eigenvalue weighted by Crippen LogP contribution is -2.41. The van der Waals surface area contributed by atoms with Crippen molar-refractivity contribution in [3.05, 3.63) is 0 Å². The summed E-state index contributed by atoms with van der Waals surface area (Å²) in [5, 5.41) is 2.05. The highest BCUT2D eigenvalue weighted by Crippen LogP contribution is 2.23.